The number of rotatable bonds is 49. The van der Waals surface area contributed by atoms with Gasteiger partial charge in [0, 0.05) is 6.42 Å². The topological polar surface area (TPSA) is 69.6 Å². The van der Waals surface area contributed by atoms with Gasteiger partial charge in [-0.25, -0.2) is 0 Å². The van der Waals surface area contributed by atoms with Crippen LogP contribution in [-0.4, -0.2) is 34.9 Å². The van der Waals surface area contributed by atoms with Crippen molar-refractivity contribution in [2.75, 3.05) is 6.61 Å². The van der Waals surface area contributed by atoms with E-state index < -0.39 is 12.1 Å². The molecule has 2 unspecified atom stereocenters. The highest BCUT2D eigenvalue weighted by Crippen LogP contribution is 2.16. The number of hydrogen-bond donors (Lipinski definition) is 3. The van der Waals surface area contributed by atoms with Crippen LogP contribution in [0.1, 0.15) is 277 Å². The van der Waals surface area contributed by atoms with Crippen LogP contribution in [-0.2, 0) is 4.79 Å². The van der Waals surface area contributed by atoms with E-state index in [1.165, 1.54) is 212 Å². The summed E-state index contributed by atoms with van der Waals surface area (Å²) in [6.45, 7) is 4.30. The lowest BCUT2D eigenvalue weighted by molar-refractivity contribution is -0.123. The van der Waals surface area contributed by atoms with Gasteiger partial charge < -0.3 is 15.5 Å². The summed E-state index contributed by atoms with van der Waals surface area (Å²) in [6.07, 6.45) is 73.7. The average Bonchev–Trinajstić information content (AvgIpc) is 3.26. The van der Waals surface area contributed by atoms with Crippen LogP contribution in [0.15, 0.2) is 60.8 Å². The molecule has 0 aliphatic carbocycles. The summed E-state index contributed by atoms with van der Waals surface area (Å²) in [5, 5.41) is 23.1. The quantitative estimate of drug-likeness (QED) is 0.0422. The van der Waals surface area contributed by atoms with Gasteiger partial charge in [0.25, 0.3) is 0 Å². The maximum absolute atomic E-state index is 12.5. The van der Waals surface area contributed by atoms with Crippen LogP contribution in [0.5, 0.6) is 0 Å². The third-order valence-corrected chi connectivity index (χ3v) is 12.2. The molecular formula is C57H105NO3. The molecule has 0 bridgehead atoms. The Kier molecular flexibility index (Phi) is 50.8. The van der Waals surface area contributed by atoms with Crippen molar-refractivity contribution in [2.45, 2.75) is 289 Å². The van der Waals surface area contributed by atoms with Gasteiger partial charge in [0.2, 0.25) is 5.91 Å². The van der Waals surface area contributed by atoms with E-state index in [9.17, 15) is 15.0 Å². The third kappa shape index (κ3) is 49.0. The molecule has 0 radical (unpaired) electrons. The normalized spacial score (nSPS) is 13.3. The molecule has 3 N–H and O–H groups in total. The van der Waals surface area contributed by atoms with Gasteiger partial charge in [-0.3, -0.25) is 4.79 Å². The number of carbonyl (C=O) groups excluding carboxylic acids is 1. The second-order valence-electron chi connectivity index (χ2n) is 18.3. The summed E-state index contributed by atoms with van der Waals surface area (Å²) in [7, 11) is 0. The summed E-state index contributed by atoms with van der Waals surface area (Å²) in [5.74, 6) is -0.0761. The average molecular weight is 852 g/mol. The first-order valence-corrected chi connectivity index (χ1v) is 27.0. The lowest BCUT2D eigenvalue weighted by atomic mass is 10.0. The summed E-state index contributed by atoms with van der Waals surface area (Å²) in [4.78, 5) is 12.5. The molecule has 4 nitrogen and oxygen atoms in total. The summed E-state index contributed by atoms with van der Waals surface area (Å²) >= 11 is 0. The lowest BCUT2D eigenvalue weighted by Crippen LogP contribution is -2.45. The molecule has 0 fully saturated rings. The van der Waals surface area contributed by atoms with Crippen molar-refractivity contribution in [3.05, 3.63) is 60.8 Å². The van der Waals surface area contributed by atoms with Crippen LogP contribution >= 0.6 is 0 Å². The van der Waals surface area contributed by atoms with Crippen molar-refractivity contribution >= 4 is 5.91 Å². The molecule has 0 aromatic heterocycles. The predicted octanol–water partition coefficient (Wildman–Crippen LogP) is 17.6. The monoisotopic (exact) mass is 852 g/mol. The molecule has 61 heavy (non-hydrogen) atoms. The molecule has 0 aliphatic rings. The molecule has 0 aromatic carbocycles. The Morgan fingerprint density at radius 1 is 0.393 bits per heavy atom. The van der Waals surface area contributed by atoms with E-state index in [-0.39, 0.29) is 12.5 Å². The fourth-order valence-electron chi connectivity index (χ4n) is 8.07. The second kappa shape index (κ2) is 52.4. The van der Waals surface area contributed by atoms with E-state index in [2.05, 4.69) is 67.8 Å². The minimum absolute atomic E-state index is 0.0761. The Balaban J connectivity index is 3.54. The highest BCUT2D eigenvalue weighted by atomic mass is 16.3. The number of aliphatic hydroxyl groups excluding tert-OH is 2. The molecule has 0 rings (SSSR count). The van der Waals surface area contributed by atoms with Crippen molar-refractivity contribution in [3.8, 4) is 0 Å². The standard InChI is InChI=1S/C57H105NO3/c1-3-5-7-9-11-13-15-17-19-21-23-25-26-27-28-29-30-31-32-33-35-37-39-41-43-45-47-49-51-53-57(61)58-55(54-59)56(60)52-50-48-46-44-42-40-38-36-34-24-22-20-18-16-14-12-10-8-6-4-2/h15,17,21,23,34,36,42,44,50,52,55-56,59-60H,3-14,16,18-20,22,24-33,35,37-41,43,45-49,51,53-54H2,1-2H3,(H,58,61)/b17-15-,23-21-,36-34+,44-42+,52-50+. The molecular weight excluding hydrogens is 747 g/mol. The molecule has 2 atom stereocenters. The molecule has 0 saturated carbocycles. The van der Waals surface area contributed by atoms with Crippen LogP contribution in [0.25, 0.3) is 0 Å². The number of amides is 1. The van der Waals surface area contributed by atoms with E-state index in [0.29, 0.717) is 6.42 Å². The van der Waals surface area contributed by atoms with Crippen LogP contribution in [0.3, 0.4) is 0 Å². The van der Waals surface area contributed by atoms with Gasteiger partial charge in [-0.1, -0.05) is 254 Å². The van der Waals surface area contributed by atoms with Crippen LogP contribution in [0, 0.1) is 0 Å². The minimum atomic E-state index is -0.871. The van der Waals surface area contributed by atoms with E-state index in [0.717, 1.165) is 44.9 Å². The Labute approximate surface area is 381 Å². The first-order valence-electron chi connectivity index (χ1n) is 27.0. The first kappa shape index (κ1) is 59.1. The summed E-state index contributed by atoms with van der Waals surface area (Å²) in [5.41, 5.74) is 0. The maximum Gasteiger partial charge on any atom is 0.220 e. The van der Waals surface area contributed by atoms with E-state index >= 15 is 0 Å². The van der Waals surface area contributed by atoms with Gasteiger partial charge >= 0.3 is 0 Å². The molecule has 0 heterocycles. The SMILES string of the molecule is CCCCCCC/C=C\C/C=C\CCCCCCCCCCCCCCCCCCCC(=O)NC(CO)C(O)/C=C/CC/C=C/CC/C=C/CCCCCCCCCCCC. The molecule has 1 amide bonds. The van der Waals surface area contributed by atoms with Gasteiger partial charge in [0.15, 0.2) is 0 Å². The molecule has 356 valence electrons. The Bertz CT molecular complexity index is 1010. The van der Waals surface area contributed by atoms with Crippen LogP contribution in [0.4, 0.5) is 0 Å². The van der Waals surface area contributed by atoms with E-state index in [1.54, 1.807) is 6.08 Å². The Morgan fingerprint density at radius 3 is 1.05 bits per heavy atom. The zero-order valence-electron chi connectivity index (χ0n) is 40.9. The fraction of sp³-hybridized carbons (Fsp3) is 0.807. The fourth-order valence-corrected chi connectivity index (χ4v) is 8.07. The Morgan fingerprint density at radius 2 is 0.689 bits per heavy atom. The van der Waals surface area contributed by atoms with Crippen LogP contribution < -0.4 is 5.32 Å². The summed E-state index contributed by atoms with van der Waals surface area (Å²) in [6, 6.07) is -0.647. The largest absolute Gasteiger partial charge is 0.394 e. The molecule has 0 spiro atoms. The first-order chi connectivity index (χ1) is 30.2. The van der Waals surface area contributed by atoms with E-state index in [4.69, 9.17) is 0 Å². The van der Waals surface area contributed by atoms with Gasteiger partial charge in [-0.2, -0.15) is 0 Å². The Hall–Kier alpha value is -1.91. The van der Waals surface area contributed by atoms with Crippen molar-refractivity contribution in [1.82, 2.24) is 5.32 Å². The van der Waals surface area contributed by atoms with Gasteiger partial charge in [-0.05, 0) is 77.0 Å². The highest BCUT2D eigenvalue weighted by molar-refractivity contribution is 5.76. The van der Waals surface area contributed by atoms with Crippen molar-refractivity contribution in [1.29, 1.82) is 0 Å². The van der Waals surface area contributed by atoms with Crippen molar-refractivity contribution in [3.63, 3.8) is 0 Å². The van der Waals surface area contributed by atoms with Crippen molar-refractivity contribution in [2.24, 2.45) is 0 Å². The molecule has 0 aliphatic heterocycles. The van der Waals surface area contributed by atoms with Crippen LogP contribution in [0.2, 0.25) is 0 Å². The number of hydrogen-bond acceptors (Lipinski definition) is 3. The second-order valence-corrected chi connectivity index (χ2v) is 18.3. The minimum Gasteiger partial charge on any atom is -0.394 e. The zero-order valence-corrected chi connectivity index (χ0v) is 40.9. The van der Waals surface area contributed by atoms with Gasteiger partial charge in [-0.15, -0.1) is 0 Å². The van der Waals surface area contributed by atoms with E-state index in [1.807, 2.05) is 6.08 Å². The third-order valence-electron chi connectivity index (χ3n) is 12.2. The lowest BCUT2D eigenvalue weighted by Gasteiger charge is -2.19. The number of nitrogens with one attached hydrogen (secondary N) is 1. The maximum atomic E-state index is 12.5. The van der Waals surface area contributed by atoms with Gasteiger partial charge in [0.05, 0.1) is 18.8 Å². The molecule has 0 saturated heterocycles. The molecule has 4 heteroatoms. The smallest absolute Gasteiger partial charge is 0.220 e. The van der Waals surface area contributed by atoms with Gasteiger partial charge in [0.1, 0.15) is 0 Å². The zero-order chi connectivity index (χ0) is 44.2. The molecule has 0 aromatic rings. The number of carbonyl (C=O) groups is 1. The number of aliphatic hydroxyl groups is 2. The predicted molar refractivity (Wildman–Crippen MR) is 271 cm³/mol. The number of unbranched alkanes of at least 4 members (excludes halogenated alkanes) is 34. The summed E-state index contributed by atoms with van der Waals surface area (Å²) < 4.78 is 0. The highest BCUT2D eigenvalue weighted by Gasteiger charge is 2.17. The van der Waals surface area contributed by atoms with Crippen molar-refractivity contribution < 1.29 is 15.0 Å². The number of allylic oxidation sites excluding steroid dienone is 9.